The Balaban J connectivity index is 1.77. The minimum absolute atomic E-state index is 0.255. The summed E-state index contributed by atoms with van der Waals surface area (Å²) >= 11 is 0. The van der Waals surface area contributed by atoms with Crippen molar-refractivity contribution in [3.8, 4) is 0 Å². The molecule has 0 aromatic heterocycles. The van der Waals surface area contributed by atoms with Gasteiger partial charge in [-0.1, -0.05) is 43.2 Å². The lowest BCUT2D eigenvalue weighted by Gasteiger charge is -2.26. The Labute approximate surface area is 122 Å². The van der Waals surface area contributed by atoms with E-state index in [2.05, 4.69) is 41.9 Å². The predicted octanol–water partition coefficient (Wildman–Crippen LogP) is 2.71. The van der Waals surface area contributed by atoms with Crippen molar-refractivity contribution in [2.24, 2.45) is 5.92 Å². The molecule has 2 N–H and O–H groups in total. The Kier molecular flexibility index (Phi) is 6.06. The lowest BCUT2D eigenvalue weighted by molar-refractivity contribution is -0.110. The molecular weight excluding hydrogens is 248 g/mol. The van der Waals surface area contributed by atoms with Gasteiger partial charge in [-0.2, -0.15) is 0 Å². The standard InChI is InChI=1S/C17H26N2O/c1-2-5-17(19-13-20)12-18-11-14-8-9-15-6-3-4-7-16(15)10-14/h3,6,8-9,13,16-18H,2,4-5,7,10-12H2,1H3,(H,19,20)/t16?,17-/m0/s1. The maximum absolute atomic E-state index is 10.5. The highest BCUT2D eigenvalue weighted by atomic mass is 16.1. The first-order valence-corrected chi connectivity index (χ1v) is 7.80. The summed E-state index contributed by atoms with van der Waals surface area (Å²) in [5, 5.41) is 6.37. The fourth-order valence-electron chi connectivity index (χ4n) is 3.06. The van der Waals surface area contributed by atoms with Crippen molar-refractivity contribution < 1.29 is 4.79 Å². The molecule has 0 bridgehead atoms. The molecule has 0 fully saturated rings. The number of hydrogen-bond acceptors (Lipinski definition) is 2. The van der Waals surface area contributed by atoms with Gasteiger partial charge in [0.15, 0.2) is 0 Å². The lowest BCUT2D eigenvalue weighted by Crippen LogP contribution is -2.38. The van der Waals surface area contributed by atoms with E-state index in [4.69, 9.17) is 0 Å². The number of nitrogens with one attached hydrogen (secondary N) is 2. The average molecular weight is 274 g/mol. The van der Waals surface area contributed by atoms with Crippen LogP contribution in [0.2, 0.25) is 0 Å². The zero-order valence-electron chi connectivity index (χ0n) is 12.4. The van der Waals surface area contributed by atoms with Gasteiger partial charge in [-0.3, -0.25) is 4.79 Å². The molecule has 0 radical (unpaired) electrons. The van der Waals surface area contributed by atoms with E-state index in [9.17, 15) is 4.79 Å². The molecule has 0 aromatic rings. The van der Waals surface area contributed by atoms with Gasteiger partial charge >= 0.3 is 0 Å². The largest absolute Gasteiger partial charge is 0.355 e. The van der Waals surface area contributed by atoms with Crippen LogP contribution in [0.25, 0.3) is 0 Å². The van der Waals surface area contributed by atoms with Crippen LogP contribution in [-0.4, -0.2) is 25.5 Å². The summed E-state index contributed by atoms with van der Waals surface area (Å²) in [6, 6.07) is 0.255. The molecule has 0 saturated heterocycles. The van der Waals surface area contributed by atoms with E-state index in [-0.39, 0.29) is 6.04 Å². The Morgan fingerprint density at radius 1 is 1.45 bits per heavy atom. The molecule has 110 valence electrons. The summed E-state index contributed by atoms with van der Waals surface area (Å²) in [6.45, 7) is 3.93. The summed E-state index contributed by atoms with van der Waals surface area (Å²) < 4.78 is 0. The van der Waals surface area contributed by atoms with Crippen molar-refractivity contribution in [3.63, 3.8) is 0 Å². The zero-order chi connectivity index (χ0) is 14.2. The van der Waals surface area contributed by atoms with Crippen molar-refractivity contribution in [2.75, 3.05) is 13.1 Å². The van der Waals surface area contributed by atoms with E-state index in [0.29, 0.717) is 0 Å². The molecule has 2 rings (SSSR count). The average Bonchev–Trinajstić information content (AvgIpc) is 2.47. The van der Waals surface area contributed by atoms with Crippen LogP contribution in [0.15, 0.2) is 35.5 Å². The van der Waals surface area contributed by atoms with Gasteiger partial charge in [-0.25, -0.2) is 0 Å². The number of allylic oxidation sites excluding steroid dienone is 5. The molecule has 2 atom stereocenters. The van der Waals surface area contributed by atoms with Crippen LogP contribution >= 0.6 is 0 Å². The first kappa shape index (κ1) is 15.0. The highest BCUT2D eigenvalue weighted by molar-refractivity contribution is 5.46. The topological polar surface area (TPSA) is 41.1 Å². The van der Waals surface area contributed by atoms with E-state index >= 15 is 0 Å². The summed E-state index contributed by atoms with van der Waals surface area (Å²) in [5.74, 6) is 0.723. The van der Waals surface area contributed by atoms with E-state index < -0.39 is 0 Å². The second kappa shape index (κ2) is 8.05. The maximum Gasteiger partial charge on any atom is 0.207 e. The molecule has 2 aliphatic carbocycles. The Morgan fingerprint density at radius 2 is 2.35 bits per heavy atom. The highest BCUT2D eigenvalue weighted by Gasteiger charge is 2.19. The first-order valence-electron chi connectivity index (χ1n) is 7.80. The number of fused-ring (bicyclic) bond motifs is 1. The molecule has 0 saturated carbocycles. The minimum atomic E-state index is 0.255. The summed E-state index contributed by atoms with van der Waals surface area (Å²) in [5.41, 5.74) is 2.97. The molecule has 0 aromatic carbocycles. The summed E-state index contributed by atoms with van der Waals surface area (Å²) in [4.78, 5) is 10.5. The van der Waals surface area contributed by atoms with Crippen molar-refractivity contribution >= 4 is 6.41 Å². The number of amides is 1. The van der Waals surface area contributed by atoms with Gasteiger partial charge in [-0.05, 0) is 37.2 Å². The molecule has 3 nitrogen and oxygen atoms in total. The van der Waals surface area contributed by atoms with Crippen LogP contribution in [0.4, 0.5) is 0 Å². The van der Waals surface area contributed by atoms with Crippen LogP contribution in [-0.2, 0) is 4.79 Å². The smallest absolute Gasteiger partial charge is 0.207 e. The van der Waals surface area contributed by atoms with E-state index in [1.54, 1.807) is 0 Å². The monoisotopic (exact) mass is 274 g/mol. The Morgan fingerprint density at radius 3 is 3.15 bits per heavy atom. The van der Waals surface area contributed by atoms with Gasteiger partial charge in [0.05, 0.1) is 0 Å². The molecular formula is C17H26N2O. The highest BCUT2D eigenvalue weighted by Crippen LogP contribution is 2.32. The number of carbonyl (C=O) groups is 1. The van der Waals surface area contributed by atoms with Crippen LogP contribution in [0.1, 0.15) is 39.0 Å². The molecule has 2 aliphatic rings. The van der Waals surface area contributed by atoms with Crippen LogP contribution in [0, 0.1) is 5.92 Å². The third kappa shape index (κ3) is 4.34. The van der Waals surface area contributed by atoms with Crippen LogP contribution in [0.5, 0.6) is 0 Å². The van der Waals surface area contributed by atoms with E-state index in [1.165, 1.54) is 30.4 Å². The normalized spacial score (nSPS) is 22.6. The second-order valence-electron chi connectivity index (χ2n) is 5.77. The molecule has 3 heteroatoms. The SMILES string of the molecule is CCC[C@@H](CNCC1=CC=C2C=CCCC2C1)NC=O. The quantitative estimate of drug-likeness (QED) is 0.668. The minimum Gasteiger partial charge on any atom is -0.355 e. The third-order valence-corrected chi connectivity index (χ3v) is 4.17. The van der Waals surface area contributed by atoms with E-state index in [1.807, 2.05) is 0 Å². The van der Waals surface area contributed by atoms with Crippen LogP contribution in [0.3, 0.4) is 0 Å². The van der Waals surface area contributed by atoms with Crippen molar-refractivity contribution in [3.05, 3.63) is 35.5 Å². The Hall–Kier alpha value is -1.35. The molecule has 0 spiro atoms. The van der Waals surface area contributed by atoms with Crippen molar-refractivity contribution in [1.82, 2.24) is 10.6 Å². The van der Waals surface area contributed by atoms with Crippen molar-refractivity contribution in [1.29, 1.82) is 0 Å². The van der Waals surface area contributed by atoms with Gasteiger partial charge in [0.1, 0.15) is 0 Å². The zero-order valence-corrected chi connectivity index (χ0v) is 12.4. The summed E-state index contributed by atoms with van der Waals surface area (Å²) in [7, 11) is 0. The number of carbonyl (C=O) groups excluding carboxylic acids is 1. The van der Waals surface area contributed by atoms with Gasteiger partial charge in [0, 0.05) is 19.1 Å². The van der Waals surface area contributed by atoms with Gasteiger partial charge in [0.25, 0.3) is 0 Å². The number of rotatable bonds is 8. The van der Waals surface area contributed by atoms with Gasteiger partial charge in [0.2, 0.25) is 6.41 Å². The van der Waals surface area contributed by atoms with Crippen molar-refractivity contribution in [2.45, 2.75) is 45.1 Å². The molecule has 20 heavy (non-hydrogen) atoms. The number of hydrogen-bond donors (Lipinski definition) is 2. The maximum atomic E-state index is 10.5. The lowest BCUT2D eigenvalue weighted by atomic mass is 9.81. The van der Waals surface area contributed by atoms with E-state index in [0.717, 1.165) is 38.3 Å². The third-order valence-electron chi connectivity index (χ3n) is 4.17. The molecule has 0 aliphatic heterocycles. The predicted molar refractivity (Wildman–Crippen MR) is 83.4 cm³/mol. The summed E-state index contributed by atoms with van der Waals surface area (Å²) in [6.07, 6.45) is 15.7. The molecule has 1 unspecified atom stereocenters. The molecule has 1 amide bonds. The fourth-order valence-corrected chi connectivity index (χ4v) is 3.06. The van der Waals surface area contributed by atoms with Crippen LogP contribution < -0.4 is 10.6 Å². The fraction of sp³-hybridized carbons (Fsp3) is 0.588. The molecule has 0 heterocycles. The Bertz CT molecular complexity index is 409. The second-order valence-corrected chi connectivity index (χ2v) is 5.77. The van der Waals surface area contributed by atoms with Gasteiger partial charge < -0.3 is 10.6 Å². The first-order chi connectivity index (χ1) is 9.83. The van der Waals surface area contributed by atoms with Gasteiger partial charge in [-0.15, -0.1) is 0 Å².